The summed E-state index contributed by atoms with van der Waals surface area (Å²) in [6, 6.07) is 18.6. The van der Waals surface area contributed by atoms with Gasteiger partial charge in [-0.1, -0.05) is 48.5 Å². The van der Waals surface area contributed by atoms with Crippen molar-refractivity contribution in [3.8, 4) is 0 Å². The smallest absolute Gasteiger partial charge is 0.410 e. The summed E-state index contributed by atoms with van der Waals surface area (Å²) >= 11 is 0. The van der Waals surface area contributed by atoms with Crippen LogP contribution < -0.4 is 5.32 Å². The molecule has 24 heavy (non-hydrogen) atoms. The molecule has 2 aromatic carbocycles. The zero-order valence-corrected chi connectivity index (χ0v) is 13.7. The van der Waals surface area contributed by atoms with E-state index in [0.29, 0.717) is 19.1 Å². The van der Waals surface area contributed by atoms with E-state index in [1.807, 2.05) is 35.2 Å². The summed E-state index contributed by atoms with van der Waals surface area (Å²) in [6.07, 6.45) is 1.91. The number of nitrogens with zero attached hydrogens (tertiary/aromatic N) is 1. The molecule has 4 nitrogen and oxygen atoms in total. The average Bonchev–Trinajstić information content (AvgIpc) is 2.83. The number of carbonyl (C=O) groups is 1. The van der Waals surface area contributed by atoms with Gasteiger partial charge in [0.25, 0.3) is 0 Å². The summed E-state index contributed by atoms with van der Waals surface area (Å²) in [6.45, 7) is 1.80. The van der Waals surface area contributed by atoms with Crippen LogP contribution in [0.5, 0.6) is 0 Å². The molecular weight excluding hydrogens is 300 g/mol. The number of para-hydroxylation sites is 1. The molecule has 0 radical (unpaired) electrons. The number of rotatable bonds is 2. The van der Waals surface area contributed by atoms with Crippen molar-refractivity contribution in [1.29, 1.82) is 0 Å². The third-order valence-corrected chi connectivity index (χ3v) is 5.01. The number of likely N-dealkylation sites (tertiary alicyclic amines) is 1. The molecule has 2 aromatic rings. The van der Waals surface area contributed by atoms with Gasteiger partial charge in [0.1, 0.15) is 6.61 Å². The molecule has 124 valence electrons. The van der Waals surface area contributed by atoms with Crippen LogP contribution in [0.4, 0.5) is 10.5 Å². The van der Waals surface area contributed by atoms with Crippen LogP contribution in [0.3, 0.4) is 0 Å². The van der Waals surface area contributed by atoms with Gasteiger partial charge in [0.2, 0.25) is 0 Å². The molecule has 4 heteroatoms. The molecular formula is C20H22N2O2. The maximum absolute atomic E-state index is 12.5. The Morgan fingerprint density at radius 3 is 2.79 bits per heavy atom. The van der Waals surface area contributed by atoms with E-state index in [0.717, 1.165) is 24.9 Å². The van der Waals surface area contributed by atoms with Crippen molar-refractivity contribution in [3.05, 3.63) is 65.7 Å². The van der Waals surface area contributed by atoms with Crippen LogP contribution in [0, 0.1) is 0 Å². The Hall–Kier alpha value is -2.49. The van der Waals surface area contributed by atoms with E-state index < -0.39 is 0 Å². The van der Waals surface area contributed by atoms with Crippen molar-refractivity contribution in [1.82, 2.24) is 4.90 Å². The van der Waals surface area contributed by atoms with Crippen LogP contribution in [0.25, 0.3) is 0 Å². The topological polar surface area (TPSA) is 41.6 Å². The number of ether oxygens (including phenoxy) is 1. The van der Waals surface area contributed by atoms with Gasteiger partial charge in [0.05, 0.1) is 6.04 Å². The average molecular weight is 322 g/mol. The highest BCUT2D eigenvalue weighted by atomic mass is 16.6. The second-order valence-corrected chi connectivity index (χ2v) is 6.57. The molecule has 1 saturated heterocycles. The molecule has 0 aliphatic carbocycles. The SMILES string of the molecule is O=C(OCc1ccccc1)N1CCC[C@H]2c3ccccc3N[C@H]2C1. The minimum Gasteiger partial charge on any atom is -0.445 e. The largest absolute Gasteiger partial charge is 0.445 e. The van der Waals surface area contributed by atoms with Crippen molar-refractivity contribution >= 4 is 11.8 Å². The molecule has 1 fully saturated rings. The molecule has 2 heterocycles. The monoisotopic (exact) mass is 322 g/mol. The van der Waals surface area contributed by atoms with Crippen LogP contribution in [-0.4, -0.2) is 30.1 Å². The van der Waals surface area contributed by atoms with Crippen LogP contribution in [-0.2, 0) is 11.3 Å². The molecule has 0 aromatic heterocycles. The second-order valence-electron chi connectivity index (χ2n) is 6.57. The Balaban J connectivity index is 1.40. The molecule has 0 saturated carbocycles. The van der Waals surface area contributed by atoms with Gasteiger partial charge in [-0.15, -0.1) is 0 Å². The van der Waals surface area contributed by atoms with E-state index in [1.54, 1.807) is 0 Å². The zero-order chi connectivity index (χ0) is 16.4. The summed E-state index contributed by atoms with van der Waals surface area (Å²) < 4.78 is 5.51. The van der Waals surface area contributed by atoms with E-state index >= 15 is 0 Å². The third kappa shape index (κ3) is 2.96. The molecule has 0 spiro atoms. The number of fused-ring (bicyclic) bond motifs is 3. The first kappa shape index (κ1) is 15.1. The Morgan fingerprint density at radius 1 is 1.12 bits per heavy atom. The van der Waals surface area contributed by atoms with Crippen LogP contribution >= 0.6 is 0 Å². The highest BCUT2D eigenvalue weighted by molar-refractivity contribution is 5.68. The van der Waals surface area contributed by atoms with Crippen molar-refractivity contribution in [3.63, 3.8) is 0 Å². The highest BCUT2D eigenvalue weighted by Crippen LogP contribution is 2.40. The molecule has 4 rings (SSSR count). The molecule has 1 N–H and O–H groups in total. The minimum atomic E-state index is -0.211. The van der Waals surface area contributed by atoms with Crippen molar-refractivity contribution in [2.24, 2.45) is 0 Å². The van der Waals surface area contributed by atoms with Gasteiger partial charge in [-0.2, -0.15) is 0 Å². The fourth-order valence-corrected chi connectivity index (χ4v) is 3.81. The Morgan fingerprint density at radius 2 is 1.92 bits per heavy atom. The summed E-state index contributed by atoms with van der Waals surface area (Å²) in [5.74, 6) is 0.494. The number of anilines is 1. The van der Waals surface area contributed by atoms with Crippen LogP contribution in [0.1, 0.15) is 29.9 Å². The number of carbonyl (C=O) groups excluding carboxylic acids is 1. The molecule has 2 aliphatic heterocycles. The lowest BCUT2D eigenvalue weighted by Gasteiger charge is -2.24. The number of hydrogen-bond acceptors (Lipinski definition) is 3. The normalized spacial score (nSPS) is 22.1. The lowest BCUT2D eigenvalue weighted by atomic mass is 9.91. The van der Waals surface area contributed by atoms with Crippen LogP contribution in [0.2, 0.25) is 0 Å². The molecule has 0 unspecified atom stereocenters. The summed E-state index contributed by atoms with van der Waals surface area (Å²) in [5, 5.41) is 3.59. The predicted molar refractivity (Wildman–Crippen MR) is 94.0 cm³/mol. The lowest BCUT2D eigenvalue weighted by Crippen LogP contribution is -2.39. The van der Waals surface area contributed by atoms with Gasteiger partial charge in [-0.25, -0.2) is 4.79 Å². The third-order valence-electron chi connectivity index (χ3n) is 5.01. The quantitative estimate of drug-likeness (QED) is 0.909. The first-order chi connectivity index (χ1) is 11.8. The molecule has 0 bridgehead atoms. The van der Waals surface area contributed by atoms with Crippen molar-refractivity contribution in [2.75, 3.05) is 18.4 Å². The maximum atomic E-state index is 12.5. The first-order valence-electron chi connectivity index (χ1n) is 8.62. The Kier molecular flexibility index (Phi) is 4.11. The van der Waals surface area contributed by atoms with Gasteiger partial charge in [-0.3, -0.25) is 0 Å². The van der Waals surface area contributed by atoms with Gasteiger partial charge in [0, 0.05) is 24.7 Å². The van der Waals surface area contributed by atoms with E-state index in [2.05, 4.69) is 29.6 Å². The van der Waals surface area contributed by atoms with Gasteiger partial charge in [0.15, 0.2) is 0 Å². The van der Waals surface area contributed by atoms with Gasteiger partial charge >= 0.3 is 6.09 Å². The summed E-state index contributed by atoms with van der Waals surface area (Å²) in [4.78, 5) is 14.3. The number of amides is 1. The van der Waals surface area contributed by atoms with E-state index in [-0.39, 0.29) is 12.1 Å². The lowest BCUT2D eigenvalue weighted by molar-refractivity contribution is 0.0965. The van der Waals surface area contributed by atoms with E-state index in [9.17, 15) is 4.79 Å². The number of hydrogen-bond donors (Lipinski definition) is 1. The molecule has 2 atom stereocenters. The van der Waals surface area contributed by atoms with Crippen LogP contribution in [0.15, 0.2) is 54.6 Å². The first-order valence-corrected chi connectivity index (χ1v) is 8.62. The number of benzene rings is 2. The zero-order valence-electron chi connectivity index (χ0n) is 13.7. The Labute approximate surface area is 142 Å². The minimum absolute atomic E-state index is 0.211. The van der Waals surface area contributed by atoms with Gasteiger partial charge in [-0.05, 0) is 30.0 Å². The molecule has 1 amide bonds. The van der Waals surface area contributed by atoms with Crippen molar-refractivity contribution in [2.45, 2.75) is 31.4 Å². The van der Waals surface area contributed by atoms with E-state index in [1.165, 1.54) is 11.3 Å². The Bertz CT molecular complexity index is 717. The highest BCUT2D eigenvalue weighted by Gasteiger charge is 2.36. The number of nitrogens with one attached hydrogen (secondary N) is 1. The standard InChI is InChI=1S/C20H22N2O2/c23-20(24-14-15-7-2-1-3-8-15)22-12-6-10-17-16-9-4-5-11-18(16)21-19(17)13-22/h1-5,7-9,11,17,19,21H,6,10,12-14H2/t17-,19-/m0/s1. The van der Waals surface area contributed by atoms with Gasteiger partial charge < -0.3 is 15.0 Å². The maximum Gasteiger partial charge on any atom is 0.410 e. The van der Waals surface area contributed by atoms with E-state index in [4.69, 9.17) is 4.74 Å². The molecule has 2 aliphatic rings. The fraction of sp³-hybridized carbons (Fsp3) is 0.350. The van der Waals surface area contributed by atoms with Crippen molar-refractivity contribution < 1.29 is 9.53 Å². The summed E-state index contributed by atoms with van der Waals surface area (Å²) in [5.41, 5.74) is 3.62. The second kappa shape index (κ2) is 6.56. The fourth-order valence-electron chi connectivity index (χ4n) is 3.81. The summed E-state index contributed by atoms with van der Waals surface area (Å²) in [7, 11) is 0. The predicted octanol–water partition coefficient (Wildman–Crippen LogP) is 4.00.